The van der Waals surface area contributed by atoms with Crippen molar-refractivity contribution in [3.8, 4) is 0 Å². The number of hydrazone groups is 1. The van der Waals surface area contributed by atoms with Crippen molar-refractivity contribution >= 4 is 28.9 Å². The van der Waals surface area contributed by atoms with Crippen LogP contribution in [0.15, 0.2) is 40.8 Å². The van der Waals surface area contributed by atoms with E-state index >= 15 is 0 Å². The highest BCUT2D eigenvalue weighted by Crippen LogP contribution is 2.33. The molecule has 0 saturated carbocycles. The summed E-state index contributed by atoms with van der Waals surface area (Å²) < 4.78 is 5.30. The van der Waals surface area contributed by atoms with Gasteiger partial charge in [0.25, 0.3) is 5.91 Å². The van der Waals surface area contributed by atoms with E-state index in [0.717, 1.165) is 36.1 Å². The van der Waals surface area contributed by atoms with Gasteiger partial charge in [0.1, 0.15) is 0 Å². The number of benzene rings is 1. The Balaban J connectivity index is 1.36. The number of amides is 1. The Hall–Kier alpha value is -2.47. The van der Waals surface area contributed by atoms with Crippen LogP contribution in [0.3, 0.4) is 0 Å². The fraction of sp³-hybridized carbons (Fsp3) is 0.381. The molecule has 4 rings (SSSR count). The number of rotatable bonds is 4. The Morgan fingerprint density at radius 2 is 2.07 bits per heavy atom. The number of hydrogen-bond donors (Lipinski definition) is 0. The van der Waals surface area contributed by atoms with Crippen molar-refractivity contribution in [2.45, 2.75) is 32.6 Å². The van der Waals surface area contributed by atoms with Crippen LogP contribution in [0.5, 0.6) is 0 Å². The highest BCUT2D eigenvalue weighted by molar-refractivity contribution is 7.10. The Morgan fingerprint density at radius 3 is 2.89 bits per heavy atom. The Kier molecular flexibility index (Phi) is 5.07. The molecule has 27 heavy (non-hydrogen) atoms. The summed E-state index contributed by atoms with van der Waals surface area (Å²) >= 11 is 1.62. The van der Waals surface area contributed by atoms with Gasteiger partial charge in [-0.3, -0.25) is 4.79 Å². The topological polar surface area (TPSA) is 59.0 Å². The second-order valence-corrected chi connectivity index (χ2v) is 8.12. The van der Waals surface area contributed by atoms with Crippen molar-refractivity contribution in [3.05, 3.63) is 57.3 Å². The third kappa shape index (κ3) is 3.81. The van der Waals surface area contributed by atoms with E-state index in [1.807, 2.05) is 35.7 Å². The summed E-state index contributed by atoms with van der Waals surface area (Å²) in [6.07, 6.45) is 3.74. The van der Waals surface area contributed by atoms with E-state index in [-0.39, 0.29) is 12.5 Å². The van der Waals surface area contributed by atoms with E-state index in [2.05, 4.69) is 12.0 Å². The summed E-state index contributed by atoms with van der Waals surface area (Å²) in [5.41, 5.74) is 3.64. The molecule has 1 atom stereocenters. The zero-order valence-corrected chi connectivity index (χ0v) is 16.1. The maximum absolute atomic E-state index is 12.4. The standard InChI is InChI=1S/C21H22N2O3S/c1-14-7-8-16-17(13-27-19(16)11-14)21(25)26-12-20(24)23-10-9-18(22-23)15-5-3-2-4-6-15/h2-6,13-14H,7-12H2,1H3/t14-/m1/s1. The summed E-state index contributed by atoms with van der Waals surface area (Å²) in [4.78, 5) is 26.1. The summed E-state index contributed by atoms with van der Waals surface area (Å²) in [5.74, 6) is -0.0256. The maximum Gasteiger partial charge on any atom is 0.339 e. The SMILES string of the molecule is C[C@@H]1CCc2c(C(=O)OCC(=O)N3CCC(c4ccccc4)=N3)csc2C1. The molecule has 1 aliphatic heterocycles. The quantitative estimate of drug-likeness (QED) is 0.758. The average molecular weight is 382 g/mol. The smallest absolute Gasteiger partial charge is 0.339 e. The van der Waals surface area contributed by atoms with Crippen LogP contribution in [0.25, 0.3) is 0 Å². The van der Waals surface area contributed by atoms with Gasteiger partial charge in [-0.05, 0) is 36.3 Å². The van der Waals surface area contributed by atoms with Crippen molar-refractivity contribution in [2.24, 2.45) is 11.0 Å². The first-order valence-electron chi connectivity index (χ1n) is 9.31. The van der Waals surface area contributed by atoms with Gasteiger partial charge < -0.3 is 4.74 Å². The zero-order valence-electron chi connectivity index (χ0n) is 15.3. The van der Waals surface area contributed by atoms with Crippen LogP contribution in [0, 0.1) is 5.92 Å². The summed E-state index contributed by atoms with van der Waals surface area (Å²) in [6.45, 7) is 2.48. The molecule has 1 aromatic heterocycles. The number of ether oxygens (including phenoxy) is 1. The molecule has 2 aliphatic rings. The molecule has 5 nitrogen and oxygen atoms in total. The van der Waals surface area contributed by atoms with Gasteiger partial charge in [0.15, 0.2) is 6.61 Å². The van der Waals surface area contributed by atoms with Gasteiger partial charge in [0.05, 0.1) is 17.8 Å². The van der Waals surface area contributed by atoms with E-state index in [9.17, 15) is 9.59 Å². The largest absolute Gasteiger partial charge is 0.452 e. The van der Waals surface area contributed by atoms with Crippen LogP contribution >= 0.6 is 11.3 Å². The lowest BCUT2D eigenvalue weighted by atomic mass is 9.88. The third-order valence-corrected chi connectivity index (χ3v) is 6.20. The van der Waals surface area contributed by atoms with Crippen molar-refractivity contribution in [1.82, 2.24) is 5.01 Å². The summed E-state index contributed by atoms with van der Waals surface area (Å²) in [7, 11) is 0. The minimum Gasteiger partial charge on any atom is -0.452 e. The number of fused-ring (bicyclic) bond motifs is 1. The monoisotopic (exact) mass is 382 g/mol. The number of thiophene rings is 1. The van der Waals surface area contributed by atoms with Gasteiger partial charge in [-0.15, -0.1) is 11.3 Å². The van der Waals surface area contributed by atoms with Gasteiger partial charge in [-0.25, -0.2) is 9.80 Å². The molecule has 2 heterocycles. The van der Waals surface area contributed by atoms with E-state index < -0.39 is 5.97 Å². The fourth-order valence-corrected chi connectivity index (χ4v) is 4.83. The Labute approximate surface area is 162 Å². The Bertz CT molecular complexity index is 888. The summed E-state index contributed by atoms with van der Waals surface area (Å²) in [6, 6.07) is 9.81. The first kappa shape index (κ1) is 17.9. The minimum atomic E-state index is -0.401. The molecule has 0 radical (unpaired) electrons. The lowest BCUT2D eigenvalue weighted by Crippen LogP contribution is -2.29. The summed E-state index contributed by atoms with van der Waals surface area (Å²) in [5, 5.41) is 7.66. The van der Waals surface area contributed by atoms with Crippen molar-refractivity contribution in [1.29, 1.82) is 0 Å². The molecule has 1 amide bonds. The molecule has 2 aromatic rings. The third-order valence-electron chi connectivity index (χ3n) is 5.15. The van der Waals surface area contributed by atoms with Crippen LogP contribution in [-0.4, -0.2) is 35.7 Å². The molecule has 0 unspecified atom stereocenters. The highest BCUT2D eigenvalue weighted by Gasteiger charge is 2.26. The van der Waals surface area contributed by atoms with Gasteiger partial charge in [-0.1, -0.05) is 37.3 Å². The minimum absolute atomic E-state index is 0.272. The van der Waals surface area contributed by atoms with Crippen LogP contribution in [0.1, 0.15) is 46.1 Å². The predicted octanol–water partition coefficient (Wildman–Crippen LogP) is 3.67. The van der Waals surface area contributed by atoms with Crippen LogP contribution < -0.4 is 0 Å². The molecular weight excluding hydrogens is 360 g/mol. The molecule has 0 spiro atoms. The van der Waals surface area contributed by atoms with Crippen molar-refractivity contribution < 1.29 is 14.3 Å². The lowest BCUT2D eigenvalue weighted by molar-refractivity contribution is -0.134. The number of carbonyl (C=O) groups excluding carboxylic acids is 2. The predicted molar refractivity (Wildman–Crippen MR) is 105 cm³/mol. The lowest BCUT2D eigenvalue weighted by Gasteiger charge is -2.18. The average Bonchev–Trinajstić information content (AvgIpc) is 3.33. The van der Waals surface area contributed by atoms with E-state index in [4.69, 9.17) is 4.74 Å². The molecule has 6 heteroatoms. The van der Waals surface area contributed by atoms with E-state index in [1.54, 1.807) is 11.3 Å². The van der Waals surface area contributed by atoms with Gasteiger partial charge in [0.2, 0.25) is 0 Å². The second-order valence-electron chi connectivity index (χ2n) is 7.15. The van der Waals surface area contributed by atoms with Crippen LogP contribution in [-0.2, 0) is 22.4 Å². The van der Waals surface area contributed by atoms with Gasteiger partial charge in [-0.2, -0.15) is 5.10 Å². The maximum atomic E-state index is 12.4. The van der Waals surface area contributed by atoms with E-state index in [1.165, 1.54) is 9.89 Å². The molecule has 1 aromatic carbocycles. The van der Waals surface area contributed by atoms with Crippen LogP contribution in [0.2, 0.25) is 0 Å². The second kappa shape index (κ2) is 7.64. The fourth-order valence-electron chi connectivity index (χ4n) is 3.60. The molecule has 0 saturated heterocycles. The molecule has 1 aliphatic carbocycles. The molecule has 0 N–H and O–H groups in total. The van der Waals surface area contributed by atoms with E-state index in [0.29, 0.717) is 24.4 Å². The van der Waals surface area contributed by atoms with Gasteiger partial charge >= 0.3 is 5.97 Å². The highest BCUT2D eigenvalue weighted by atomic mass is 32.1. The number of nitrogens with zero attached hydrogens (tertiary/aromatic N) is 2. The van der Waals surface area contributed by atoms with Crippen molar-refractivity contribution in [2.75, 3.05) is 13.2 Å². The number of hydrogen-bond acceptors (Lipinski definition) is 5. The molecule has 0 fully saturated rings. The van der Waals surface area contributed by atoms with Crippen LogP contribution in [0.4, 0.5) is 0 Å². The molecule has 0 bridgehead atoms. The molecular formula is C21H22N2O3S. The first-order valence-corrected chi connectivity index (χ1v) is 10.2. The molecule has 140 valence electrons. The van der Waals surface area contributed by atoms with Crippen molar-refractivity contribution in [3.63, 3.8) is 0 Å². The number of carbonyl (C=O) groups is 2. The normalized spacial score (nSPS) is 18.8. The number of esters is 1. The Morgan fingerprint density at radius 1 is 1.26 bits per heavy atom. The zero-order chi connectivity index (χ0) is 18.8. The van der Waals surface area contributed by atoms with Gasteiger partial charge in [0, 0.05) is 16.7 Å². The first-order chi connectivity index (χ1) is 13.1.